The lowest BCUT2D eigenvalue weighted by Gasteiger charge is -2.36. The molecule has 0 spiro atoms. The highest BCUT2D eigenvalue weighted by Crippen LogP contribution is 2.40. The fourth-order valence-electron chi connectivity index (χ4n) is 3.31. The first-order valence-corrected chi connectivity index (χ1v) is 9.15. The third-order valence-electron chi connectivity index (χ3n) is 4.97. The topological polar surface area (TPSA) is 77.1 Å². The first kappa shape index (κ1) is 20.9. The van der Waals surface area contributed by atoms with Crippen molar-refractivity contribution in [1.29, 1.82) is 0 Å². The number of likely N-dealkylation sites (tertiary alicyclic amines) is 1. The van der Waals surface area contributed by atoms with E-state index in [9.17, 15) is 9.59 Å². The van der Waals surface area contributed by atoms with E-state index in [1.807, 2.05) is 0 Å². The molecule has 2 rings (SSSR count). The molecule has 7 nitrogen and oxygen atoms in total. The maximum atomic E-state index is 12.9. The summed E-state index contributed by atoms with van der Waals surface area (Å²) >= 11 is 0. The summed E-state index contributed by atoms with van der Waals surface area (Å²) in [7, 11) is 4.53. The summed E-state index contributed by atoms with van der Waals surface area (Å²) in [6, 6.07) is 3.28. The highest BCUT2D eigenvalue weighted by molar-refractivity contribution is 6.10. The van der Waals surface area contributed by atoms with Crippen LogP contribution in [0.2, 0.25) is 0 Å². The zero-order valence-corrected chi connectivity index (χ0v) is 17.0. The number of methoxy groups -OCH3 is 3. The Kier molecular flexibility index (Phi) is 6.57. The Hall–Kier alpha value is -2.44. The molecule has 150 valence electrons. The first-order chi connectivity index (χ1) is 12.7. The summed E-state index contributed by atoms with van der Waals surface area (Å²) in [5.41, 5.74) is -0.709. The number of nitrogens with one attached hydrogen (secondary N) is 1. The van der Waals surface area contributed by atoms with Crippen LogP contribution < -0.4 is 19.5 Å². The quantitative estimate of drug-likeness (QED) is 0.770. The predicted octanol–water partition coefficient (Wildman–Crippen LogP) is 2.94. The molecule has 1 saturated heterocycles. The van der Waals surface area contributed by atoms with Gasteiger partial charge in [0, 0.05) is 30.9 Å². The lowest BCUT2D eigenvalue weighted by molar-refractivity contribution is -0.147. The molecule has 0 aromatic heterocycles. The Morgan fingerprint density at radius 2 is 1.70 bits per heavy atom. The van der Waals surface area contributed by atoms with Gasteiger partial charge in [0.05, 0.1) is 21.3 Å². The predicted molar refractivity (Wildman–Crippen MR) is 103 cm³/mol. The van der Waals surface area contributed by atoms with Crippen LogP contribution in [0.3, 0.4) is 0 Å². The van der Waals surface area contributed by atoms with Crippen molar-refractivity contribution < 1.29 is 23.8 Å². The normalized spacial score (nSPS) is 17.3. The van der Waals surface area contributed by atoms with E-state index < -0.39 is 5.41 Å². The van der Waals surface area contributed by atoms with Crippen LogP contribution in [0.4, 0.5) is 5.69 Å². The Labute approximate surface area is 161 Å². The molecular formula is C20H30N2O5. The summed E-state index contributed by atoms with van der Waals surface area (Å²) in [4.78, 5) is 27.6. The molecule has 0 bridgehead atoms. The number of benzene rings is 1. The number of hydrogen-bond acceptors (Lipinski definition) is 5. The molecule has 1 heterocycles. The molecule has 0 saturated carbocycles. The molecule has 0 aliphatic carbocycles. The molecule has 1 aliphatic rings. The van der Waals surface area contributed by atoms with Gasteiger partial charge in [-0.2, -0.15) is 0 Å². The van der Waals surface area contributed by atoms with Crippen LogP contribution in [0.25, 0.3) is 0 Å². The van der Waals surface area contributed by atoms with Crippen molar-refractivity contribution in [3.05, 3.63) is 12.1 Å². The Balaban J connectivity index is 2.21. The third kappa shape index (κ3) is 4.46. The van der Waals surface area contributed by atoms with Gasteiger partial charge < -0.3 is 24.4 Å². The molecule has 1 fully saturated rings. The van der Waals surface area contributed by atoms with E-state index in [-0.39, 0.29) is 11.8 Å². The van der Waals surface area contributed by atoms with Crippen LogP contribution in [-0.2, 0) is 9.59 Å². The number of nitrogens with zero attached hydrogens (tertiary/aromatic N) is 1. The van der Waals surface area contributed by atoms with E-state index in [1.54, 1.807) is 30.9 Å². The minimum Gasteiger partial charge on any atom is -0.493 e. The van der Waals surface area contributed by atoms with E-state index in [0.29, 0.717) is 41.9 Å². The van der Waals surface area contributed by atoms with Crippen LogP contribution in [0.15, 0.2) is 12.1 Å². The minimum absolute atomic E-state index is 0.154. The zero-order chi connectivity index (χ0) is 20.2. The van der Waals surface area contributed by atoms with Crippen LogP contribution in [-0.4, -0.2) is 51.1 Å². The minimum atomic E-state index is -1.18. The van der Waals surface area contributed by atoms with E-state index in [4.69, 9.17) is 14.2 Å². The van der Waals surface area contributed by atoms with Crippen molar-refractivity contribution in [3.8, 4) is 17.2 Å². The second-order valence-corrected chi connectivity index (χ2v) is 7.49. The summed E-state index contributed by atoms with van der Waals surface area (Å²) in [5, 5.41) is 2.81. The number of carbonyl (C=O) groups is 2. The summed E-state index contributed by atoms with van der Waals surface area (Å²) in [5.74, 6) is 1.23. The zero-order valence-electron chi connectivity index (χ0n) is 17.0. The summed E-state index contributed by atoms with van der Waals surface area (Å²) in [6.45, 7) is 6.83. The van der Waals surface area contributed by atoms with Crippen molar-refractivity contribution in [2.75, 3.05) is 39.7 Å². The van der Waals surface area contributed by atoms with E-state index in [2.05, 4.69) is 12.2 Å². The molecule has 1 aromatic carbocycles. The molecule has 1 N–H and O–H groups in total. The number of amides is 2. The van der Waals surface area contributed by atoms with Gasteiger partial charge in [-0.25, -0.2) is 0 Å². The van der Waals surface area contributed by atoms with Crippen molar-refractivity contribution in [3.63, 3.8) is 0 Å². The Morgan fingerprint density at radius 1 is 1.11 bits per heavy atom. The number of ether oxygens (including phenoxy) is 3. The van der Waals surface area contributed by atoms with E-state index >= 15 is 0 Å². The number of piperidine rings is 1. The second kappa shape index (κ2) is 8.50. The number of carbonyl (C=O) groups excluding carboxylic acids is 2. The number of rotatable bonds is 6. The second-order valence-electron chi connectivity index (χ2n) is 7.49. The summed E-state index contributed by atoms with van der Waals surface area (Å²) in [6.07, 6.45) is 2.08. The van der Waals surface area contributed by atoms with Gasteiger partial charge in [0.25, 0.3) is 0 Å². The highest BCUT2D eigenvalue weighted by atomic mass is 16.5. The van der Waals surface area contributed by atoms with Gasteiger partial charge in [0.1, 0.15) is 5.41 Å². The molecule has 2 amide bonds. The fraction of sp³-hybridized carbons (Fsp3) is 0.600. The number of hydrogen-bond donors (Lipinski definition) is 1. The lowest BCUT2D eigenvalue weighted by atomic mass is 9.88. The van der Waals surface area contributed by atoms with Crippen molar-refractivity contribution in [2.24, 2.45) is 11.3 Å². The molecule has 1 aliphatic heterocycles. The standard InChI is InChI=1S/C20H30N2O5/c1-13-8-7-9-22(12-13)19(24)20(2,3)18(23)21-14-10-15(25-4)17(27-6)16(11-14)26-5/h10-11,13H,7-9,12H2,1-6H3,(H,21,23). The fourth-order valence-corrected chi connectivity index (χ4v) is 3.31. The SMILES string of the molecule is COc1cc(NC(=O)C(C)(C)C(=O)N2CCCC(C)C2)cc(OC)c1OC. The van der Waals surface area contributed by atoms with Crippen LogP contribution in [0.1, 0.15) is 33.6 Å². The molecule has 0 radical (unpaired) electrons. The van der Waals surface area contributed by atoms with Crippen LogP contribution in [0.5, 0.6) is 17.2 Å². The molecule has 7 heteroatoms. The first-order valence-electron chi connectivity index (χ1n) is 9.15. The van der Waals surface area contributed by atoms with Gasteiger partial charge in [0.2, 0.25) is 17.6 Å². The smallest absolute Gasteiger partial charge is 0.239 e. The highest BCUT2D eigenvalue weighted by Gasteiger charge is 2.40. The maximum absolute atomic E-state index is 12.9. The van der Waals surface area contributed by atoms with Gasteiger partial charge in [-0.05, 0) is 32.6 Å². The van der Waals surface area contributed by atoms with Gasteiger partial charge in [-0.3, -0.25) is 9.59 Å². The van der Waals surface area contributed by atoms with E-state index in [1.165, 1.54) is 21.3 Å². The lowest BCUT2D eigenvalue weighted by Crippen LogP contribution is -2.50. The van der Waals surface area contributed by atoms with E-state index in [0.717, 1.165) is 12.8 Å². The molecule has 1 aromatic rings. The van der Waals surface area contributed by atoms with Gasteiger partial charge in [-0.1, -0.05) is 6.92 Å². The average Bonchev–Trinajstić information content (AvgIpc) is 2.66. The van der Waals surface area contributed by atoms with Gasteiger partial charge in [-0.15, -0.1) is 0 Å². The molecule has 1 atom stereocenters. The third-order valence-corrected chi connectivity index (χ3v) is 4.97. The Morgan fingerprint density at radius 3 is 2.19 bits per heavy atom. The number of anilines is 1. The molecule has 1 unspecified atom stereocenters. The molecular weight excluding hydrogens is 348 g/mol. The van der Waals surface area contributed by atoms with Crippen molar-refractivity contribution in [2.45, 2.75) is 33.6 Å². The largest absolute Gasteiger partial charge is 0.493 e. The summed E-state index contributed by atoms with van der Waals surface area (Å²) < 4.78 is 15.9. The van der Waals surface area contributed by atoms with Gasteiger partial charge in [0.15, 0.2) is 11.5 Å². The van der Waals surface area contributed by atoms with Crippen molar-refractivity contribution >= 4 is 17.5 Å². The Bertz CT molecular complexity index is 677. The van der Waals surface area contributed by atoms with Crippen molar-refractivity contribution in [1.82, 2.24) is 4.90 Å². The average molecular weight is 378 g/mol. The molecule has 27 heavy (non-hydrogen) atoms. The monoisotopic (exact) mass is 378 g/mol. The van der Waals surface area contributed by atoms with Crippen LogP contribution in [0, 0.1) is 11.3 Å². The maximum Gasteiger partial charge on any atom is 0.239 e. The van der Waals surface area contributed by atoms with Gasteiger partial charge >= 0.3 is 0 Å². The van der Waals surface area contributed by atoms with Crippen LogP contribution >= 0.6 is 0 Å².